The van der Waals surface area contributed by atoms with Crippen LogP contribution in [0.4, 0.5) is 32.0 Å². The molecule has 0 amide bonds. The van der Waals surface area contributed by atoms with Crippen LogP contribution in [0.5, 0.6) is 0 Å². The molecule has 1 aromatic rings. The van der Waals surface area contributed by atoms with Gasteiger partial charge in [0.25, 0.3) is 0 Å². The Labute approximate surface area is 101 Å². The van der Waals surface area contributed by atoms with Gasteiger partial charge >= 0.3 is 12.4 Å². The molecule has 0 saturated heterocycles. The SMILES string of the molecule is Nc1c(C(F)(F)F)cc(Cl)c(C(F)(F)F)c1Cl. The predicted octanol–water partition coefficient (Wildman–Crippen LogP) is 4.61. The lowest BCUT2D eigenvalue weighted by Crippen LogP contribution is -2.14. The molecular formula is C8H3Cl2F6N. The Morgan fingerprint density at radius 3 is 1.76 bits per heavy atom. The van der Waals surface area contributed by atoms with E-state index in [-0.39, 0.29) is 6.07 Å². The fraction of sp³-hybridized carbons (Fsp3) is 0.250. The van der Waals surface area contributed by atoms with Crippen LogP contribution in [-0.2, 0) is 12.4 Å². The molecule has 96 valence electrons. The molecule has 0 atom stereocenters. The summed E-state index contributed by atoms with van der Waals surface area (Å²) >= 11 is 10.3. The number of hydrogen-bond donors (Lipinski definition) is 1. The zero-order valence-corrected chi connectivity index (χ0v) is 9.19. The first-order chi connectivity index (χ1) is 7.46. The molecule has 0 saturated carbocycles. The Kier molecular flexibility index (Phi) is 3.46. The number of benzene rings is 1. The first-order valence-corrected chi connectivity index (χ1v) is 4.63. The van der Waals surface area contributed by atoms with Crippen LogP contribution in [0.15, 0.2) is 6.07 Å². The van der Waals surface area contributed by atoms with Crippen LogP contribution < -0.4 is 5.73 Å². The van der Waals surface area contributed by atoms with E-state index in [9.17, 15) is 26.3 Å². The summed E-state index contributed by atoms with van der Waals surface area (Å²) in [6, 6.07) is 0.103. The van der Waals surface area contributed by atoms with E-state index >= 15 is 0 Å². The van der Waals surface area contributed by atoms with Crippen molar-refractivity contribution in [3.05, 3.63) is 27.2 Å². The Hall–Kier alpha value is -0.820. The summed E-state index contributed by atoms with van der Waals surface area (Å²) in [4.78, 5) is 0. The van der Waals surface area contributed by atoms with Crippen molar-refractivity contribution >= 4 is 28.9 Å². The molecule has 0 fully saturated rings. The highest BCUT2D eigenvalue weighted by Gasteiger charge is 2.41. The van der Waals surface area contributed by atoms with Crippen LogP contribution >= 0.6 is 23.2 Å². The van der Waals surface area contributed by atoms with Crippen molar-refractivity contribution < 1.29 is 26.3 Å². The standard InChI is InChI=1S/C8H3Cl2F6N/c9-3-1-2(7(11,12)13)6(17)5(10)4(3)8(14,15)16/h1H,17H2. The highest BCUT2D eigenvalue weighted by Crippen LogP contribution is 2.46. The Morgan fingerprint density at radius 1 is 0.941 bits per heavy atom. The molecule has 1 rings (SSSR count). The Balaban J connectivity index is 3.60. The maximum Gasteiger partial charge on any atom is 0.419 e. The molecule has 0 radical (unpaired) electrons. The zero-order chi connectivity index (χ0) is 13.6. The number of nitrogens with two attached hydrogens (primary N) is 1. The van der Waals surface area contributed by atoms with Crippen molar-refractivity contribution in [3.8, 4) is 0 Å². The van der Waals surface area contributed by atoms with Gasteiger partial charge in [0.2, 0.25) is 0 Å². The van der Waals surface area contributed by atoms with Crippen LogP contribution in [0.1, 0.15) is 11.1 Å². The van der Waals surface area contributed by atoms with Gasteiger partial charge in [-0.15, -0.1) is 0 Å². The molecule has 9 heteroatoms. The lowest BCUT2D eigenvalue weighted by molar-refractivity contribution is -0.140. The molecule has 0 aliphatic carbocycles. The fourth-order valence-corrected chi connectivity index (χ4v) is 1.80. The van der Waals surface area contributed by atoms with Crippen molar-refractivity contribution in [1.29, 1.82) is 0 Å². The summed E-state index contributed by atoms with van der Waals surface area (Å²) < 4.78 is 74.3. The number of halogens is 8. The monoisotopic (exact) mass is 297 g/mol. The van der Waals surface area contributed by atoms with Gasteiger partial charge in [-0.1, -0.05) is 23.2 Å². The number of nitrogen functional groups attached to an aromatic ring is 1. The van der Waals surface area contributed by atoms with E-state index in [1.165, 1.54) is 0 Å². The third kappa shape index (κ3) is 2.71. The molecule has 0 aromatic heterocycles. The summed E-state index contributed by atoms with van der Waals surface area (Å²) in [5, 5.41) is -2.40. The highest BCUT2D eigenvalue weighted by atomic mass is 35.5. The van der Waals surface area contributed by atoms with Crippen molar-refractivity contribution in [2.75, 3.05) is 5.73 Å². The minimum Gasteiger partial charge on any atom is -0.397 e. The molecule has 0 bridgehead atoms. The van der Waals surface area contributed by atoms with Gasteiger partial charge in [0.1, 0.15) is 0 Å². The van der Waals surface area contributed by atoms with Crippen LogP contribution in [0.2, 0.25) is 10.0 Å². The Bertz CT molecular complexity index is 451. The number of hydrogen-bond acceptors (Lipinski definition) is 1. The maximum atomic E-state index is 12.4. The van der Waals surface area contributed by atoms with Gasteiger partial charge in [0.05, 0.1) is 26.9 Å². The van der Waals surface area contributed by atoms with Gasteiger partial charge in [-0.2, -0.15) is 26.3 Å². The van der Waals surface area contributed by atoms with Crippen molar-refractivity contribution in [1.82, 2.24) is 0 Å². The predicted molar refractivity (Wildman–Crippen MR) is 50.9 cm³/mol. The second kappa shape index (κ2) is 4.13. The molecule has 0 aliphatic heterocycles. The number of anilines is 1. The molecule has 0 heterocycles. The summed E-state index contributed by atoms with van der Waals surface area (Å²) in [6.45, 7) is 0. The van der Waals surface area contributed by atoms with E-state index < -0.39 is 39.2 Å². The molecule has 0 aliphatic rings. The smallest absolute Gasteiger partial charge is 0.397 e. The van der Waals surface area contributed by atoms with Gasteiger partial charge in [0.15, 0.2) is 0 Å². The summed E-state index contributed by atoms with van der Waals surface area (Å²) in [7, 11) is 0. The normalized spacial score (nSPS) is 12.9. The third-order valence-corrected chi connectivity index (χ3v) is 2.54. The molecule has 1 nitrogen and oxygen atoms in total. The van der Waals surface area contributed by atoms with E-state index in [0.29, 0.717) is 0 Å². The van der Waals surface area contributed by atoms with Crippen LogP contribution in [-0.4, -0.2) is 0 Å². The molecule has 0 unspecified atom stereocenters. The van der Waals surface area contributed by atoms with E-state index in [4.69, 9.17) is 28.9 Å². The second-order valence-corrected chi connectivity index (χ2v) is 3.79. The molecule has 2 N–H and O–H groups in total. The third-order valence-electron chi connectivity index (χ3n) is 1.84. The lowest BCUT2D eigenvalue weighted by Gasteiger charge is -2.17. The quantitative estimate of drug-likeness (QED) is 0.549. The van der Waals surface area contributed by atoms with Crippen LogP contribution in [0.3, 0.4) is 0 Å². The summed E-state index contributed by atoms with van der Waals surface area (Å²) in [6.07, 6.45) is -9.91. The van der Waals surface area contributed by atoms with Gasteiger partial charge in [-0.05, 0) is 6.07 Å². The average molecular weight is 298 g/mol. The van der Waals surface area contributed by atoms with Gasteiger partial charge in [0, 0.05) is 0 Å². The van der Waals surface area contributed by atoms with E-state index in [1.54, 1.807) is 0 Å². The van der Waals surface area contributed by atoms with Crippen molar-refractivity contribution in [2.45, 2.75) is 12.4 Å². The van der Waals surface area contributed by atoms with E-state index in [1.807, 2.05) is 0 Å². The van der Waals surface area contributed by atoms with Gasteiger partial charge < -0.3 is 5.73 Å². The van der Waals surface area contributed by atoms with Crippen LogP contribution in [0.25, 0.3) is 0 Å². The lowest BCUT2D eigenvalue weighted by atomic mass is 10.1. The highest BCUT2D eigenvalue weighted by molar-refractivity contribution is 6.38. The van der Waals surface area contributed by atoms with Gasteiger partial charge in [-0.3, -0.25) is 0 Å². The average Bonchev–Trinajstić information content (AvgIpc) is 2.07. The zero-order valence-electron chi connectivity index (χ0n) is 7.68. The fourth-order valence-electron chi connectivity index (χ4n) is 1.13. The number of alkyl halides is 6. The summed E-state index contributed by atoms with van der Waals surface area (Å²) in [5.41, 5.74) is 0.649. The van der Waals surface area contributed by atoms with Crippen molar-refractivity contribution in [2.24, 2.45) is 0 Å². The number of rotatable bonds is 0. The molecule has 0 spiro atoms. The van der Waals surface area contributed by atoms with E-state index in [2.05, 4.69) is 0 Å². The minimum absolute atomic E-state index is 0.103. The first kappa shape index (κ1) is 14.2. The maximum absolute atomic E-state index is 12.4. The van der Waals surface area contributed by atoms with Crippen LogP contribution in [0, 0.1) is 0 Å². The molecular weight excluding hydrogens is 295 g/mol. The van der Waals surface area contributed by atoms with Crippen molar-refractivity contribution in [3.63, 3.8) is 0 Å². The molecule has 1 aromatic carbocycles. The van der Waals surface area contributed by atoms with E-state index in [0.717, 1.165) is 0 Å². The topological polar surface area (TPSA) is 26.0 Å². The molecule has 17 heavy (non-hydrogen) atoms. The largest absolute Gasteiger partial charge is 0.419 e. The first-order valence-electron chi connectivity index (χ1n) is 3.88. The summed E-state index contributed by atoms with van der Waals surface area (Å²) in [5.74, 6) is 0. The Morgan fingerprint density at radius 2 is 1.41 bits per heavy atom. The minimum atomic E-state index is -4.98. The van der Waals surface area contributed by atoms with Gasteiger partial charge in [-0.25, -0.2) is 0 Å². The second-order valence-electron chi connectivity index (χ2n) is 3.00.